The Morgan fingerprint density at radius 2 is 2.28 bits per heavy atom. The fourth-order valence-electron chi connectivity index (χ4n) is 1.58. The highest BCUT2D eigenvalue weighted by Crippen LogP contribution is 2.25. The molecule has 5 heteroatoms. The van der Waals surface area contributed by atoms with Crippen molar-refractivity contribution in [1.82, 2.24) is 10.3 Å². The summed E-state index contributed by atoms with van der Waals surface area (Å²) < 4.78 is 1.18. The summed E-state index contributed by atoms with van der Waals surface area (Å²) in [6.45, 7) is 5.11. The number of thiophene rings is 1. The Kier molecular flexibility index (Phi) is 4.15. The van der Waals surface area contributed by atoms with Gasteiger partial charge in [-0.2, -0.15) is 0 Å². The van der Waals surface area contributed by atoms with Crippen LogP contribution in [0, 0.1) is 5.92 Å². The van der Waals surface area contributed by atoms with Crippen molar-refractivity contribution in [3.63, 3.8) is 0 Å². The van der Waals surface area contributed by atoms with E-state index in [4.69, 9.17) is 0 Å². The van der Waals surface area contributed by atoms with E-state index in [2.05, 4.69) is 29.5 Å². The van der Waals surface area contributed by atoms with E-state index in [1.54, 1.807) is 17.5 Å². The van der Waals surface area contributed by atoms with Crippen LogP contribution in [0.5, 0.6) is 0 Å². The van der Waals surface area contributed by atoms with E-state index in [9.17, 15) is 4.79 Å². The number of carbonyl (C=O) groups is 1. The van der Waals surface area contributed by atoms with Gasteiger partial charge in [0.2, 0.25) is 5.91 Å². The number of aromatic nitrogens is 1. The molecular weight excluding hydrogens is 246 g/mol. The molecule has 0 radical (unpaired) electrons. The molecule has 2 rings (SSSR count). The first-order chi connectivity index (χ1) is 8.66. The van der Waals surface area contributed by atoms with E-state index in [-0.39, 0.29) is 12.5 Å². The molecule has 96 valence electrons. The second kappa shape index (κ2) is 5.82. The summed E-state index contributed by atoms with van der Waals surface area (Å²) in [6.07, 6.45) is 1.76. The number of carbonyl (C=O) groups excluding carboxylic acids is 1. The Hall–Kier alpha value is -1.62. The highest BCUT2D eigenvalue weighted by Gasteiger charge is 2.06. The molecule has 0 saturated carbocycles. The Balaban J connectivity index is 1.94. The smallest absolute Gasteiger partial charge is 0.239 e. The van der Waals surface area contributed by atoms with E-state index in [0.29, 0.717) is 12.5 Å². The molecule has 2 N–H and O–H groups in total. The van der Waals surface area contributed by atoms with E-state index in [1.807, 2.05) is 17.5 Å². The molecule has 0 saturated heterocycles. The van der Waals surface area contributed by atoms with Crippen LogP contribution in [0.15, 0.2) is 23.7 Å². The van der Waals surface area contributed by atoms with Gasteiger partial charge < -0.3 is 10.6 Å². The zero-order valence-electron chi connectivity index (χ0n) is 10.6. The van der Waals surface area contributed by atoms with Gasteiger partial charge in [-0.3, -0.25) is 4.79 Å². The number of rotatable bonds is 5. The molecule has 4 nitrogen and oxygen atoms in total. The molecule has 0 aliphatic carbocycles. The minimum absolute atomic E-state index is 0.00210. The topological polar surface area (TPSA) is 54.0 Å². The summed E-state index contributed by atoms with van der Waals surface area (Å²) in [5.74, 6) is 1.23. The second-order valence-corrected chi connectivity index (χ2v) is 5.49. The van der Waals surface area contributed by atoms with Crippen LogP contribution in [0.25, 0.3) is 10.1 Å². The molecule has 0 aliphatic heterocycles. The summed E-state index contributed by atoms with van der Waals surface area (Å²) in [5, 5.41) is 9.04. The van der Waals surface area contributed by atoms with Crippen LogP contribution < -0.4 is 10.6 Å². The maximum Gasteiger partial charge on any atom is 0.239 e. The van der Waals surface area contributed by atoms with Crippen molar-refractivity contribution in [3.05, 3.63) is 23.7 Å². The van der Waals surface area contributed by atoms with Gasteiger partial charge in [-0.1, -0.05) is 13.8 Å². The van der Waals surface area contributed by atoms with Crippen molar-refractivity contribution in [2.24, 2.45) is 5.92 Å². The van der Waals surface area contributed by atoms with E-state index < -0.39 is 0 Å². The first-order valence-corrected chi connectivity index (χ1v) is 6.87. The maximum absolute atomic E-state index is 11.6. The van der Waals surface area contributed by atoms with Gasteiger partial charge in [-0.15, -0.1) is 11.3 Å². The van der Waals surface area contributed by atoms with Crippen molar-refractivity contribution in [2.45, 2.75) is 13.8 Å². The lowest BCUT2D eigenvalue weighted by molar-refractivity contribution is -0.119. The summed E-state index contributed by atoms with van der Waals surface area (Å²) in [4.78, 5) is 15.9. The highest BCUT2D eigenvalue weighted by molar-refractivity contribution is 7.17. The van der Waals surface area contributed by atoms with Crippen LogP contribution in [0.2, 0.25) is 0 Å². The molecule has 2 aromatic rings. The van der Waals surface area contributed by atoms with Crippen LogP contribution in [0.1, 0.15) is 13.8 Å². The average Bonchev–Trinajstić information content (AvgIpc) is 2.82. The third-order valence-electron chi connectivity index (χ3n) is 2.50. The number of hydrogen-bond donors (Lipinski definition) is 2. The van der Waals surface area contributed by atoms with Crippen molar-refractivity contribution >= 4 is 33.1 Å². The highest BCUT2D eigenvalue weighted by atomic mass is 32.1. The standard InChI is InChI=1S/C13H17N3OS/c1-9(2)7-15-12(17)8-16-13-10-4-6-18-11(10)3-5-14-13/h3-6,9H,7-8H2,1-2H3,(H,14,16)(H,15,17). The Morgan fingerprint density at radius 3 is 3.06 bits per heavy atom. The van der Waals surface area contributed by atoms with E-state index in [0.717, 1.165) is 11.2 Å². The number of amides is 1. The fourth-order valence-corrected chi connectivity index (χ4v) is 2.36. The van der Waals surface area contributed by atoms with Crippen LogP contribution in [0.3, 0.4) is 0 Å². The van der Waals surface area contributed by atoms with Crippen molar-refractivity contribution < 1.29 is 4.79 Å². The summed E-state index contributed by atoms with van der Waals surface area (Å²) in [5.41, 5.74) is 0. The van der Waals surface area contributed by atoms with Crippen LogP contribution in [-0.4, -0.2) is 24.0 Å². The lowest BCUT2D eigenvalue weighted by atomic mass is 10.2. The first-order valence-electron chi connectivity index (χ1n) is 5.99. The van der Waals surface area contributed by atoms with E-state index in [1.165, 1.54) is 4.70 Å². The zero-order chi connectivity index (χ0) is 13.0. The molecular formula is C13H17N3OS. The zero-order valence-corrected chi connectivity index (χ0v) is 11.4. The minimum Gasteiger partial charge on any atom is -0.360 e. The molecule has 0 bridgehead atoms. The van der Waals surface area contributed by atoms with Crippen molar-refractivity contribution in [3.8, 4) is 0 Å². The number of pyridine rings is 1. The minimum atomic E-state index is -0.00210. The summed E-state index contributed by atoms with van der Waals surface area (Å²) in [7, 11) is 0. The van der Waals surface area contributed by atoms with Gasteiger partial charge >= 0.3 is 0 Å². The molecule has 0 aliphatic rings. The quantitative estimate of drug-likeness (QED) is 0.871. The largest absolute Gasteiger partial charge is 0.360 e. The van der Waals surface area contributed by atoms with Gasteiger partial charge in [0, 0.05) is 22.8 Å². The molecule has 18 heavy (non-hydrogen) atoms. The molecule has 0 unspecified atom stereocenters. The Morgan fingerprint density at radius 1 is 1.44 bits per heavy atom. The summed E-state index contributed by atoms with van der Waals surface area (Å²) in [6, 6.07) is 3.99. The molecule has 0 atom stereocenters. The third kappa shape index (κ3) is 3.20. The Bertz CT molecular complexity index is 536. The molecule has 0 aromatic carbocycles. The Labute approximate surface area is 110 Å². The van der Waals surface area contributed by atoms with Gasteiger partial charge in [0.1, 0.15) is 5.82 Å². The van der Waals surface area contributed by atoms with Crippen LogP contribution >= 0.6 is 11.3 Å². The monoisotopic (exact) mass is 263 g/mol. The number of anilines is 1. The SMILES string of the molecule is CC(C)CNC(=O)CNc1nccc2sccc12. The average molecular weight is 263 g/mol. The maximum atomic E-state index is 11.6. The number of nitrogens with zero attached hydrogens (tertiary/aromatic N) is 1. The molecule has 0 spiro atoms. The predicted molar refractivity (Wildman–Crippen MR) is 76.0 cm³/mol. The van der Waals surface area contributed by atoms with Gasteiger partial charge in [0.05, 0.1) is 6.54 Å². The number of hydrogen-bond acceptors (Lipinski definition) is 4. The lowest BCUT2D eigenvalue weighted by Crippen LogP contribution is -2.32. The number of nitrogens with one attached hydrogen (secondary N) is 2. The van der Waals surface area contributed by atoms with Crippen LogP contribution in [0.4, 0.5) is 5.82 Å². The summed E-state index contributed by atoms with van der Waals surface area (Å²) >= 11 is 1.67. The normalized spacial score (nSPS) is 10.8. The number of fused-ring (bicyclic) bond motifs is 1. The second-order valence-electron chi connectivity index (χ2n) is 4.54. The molecule has 1 amide bonds. The van der Waals surface area contributed by atoms with Crippen molar-refractivity contribution in [1.29, 1.82) is 0 Å². The molecule has 0 fully saturated rings. The molecule has 2 heterocycles. The van der Waals surface area contributed by atoms with Gasteiger partial charge in [0.25, 0.3) is 0 Å². The predicted octanol–water partition coefficient (Wildman–Crippen LogP) is 2.48. The van der Waals surface area contributed by atoms with Gasteiger partial charge in [-0.25, -0.2) is 4.98 Å². The van der Waals surface area contributed by atoms with Gasteiger partial charge in [-0.05, 0) is 23.4 Å². The third-order valence-corrected chi connectivity index (χ3v) is 3.39. The lowest BCUT2D eigenvalue weighted by Gasteiger charge is -2.09. The van der Waals surface area contributed by atoms with Crippen LogP contribution in [-0.2, 0) is 4.79 Å². The van der Waals surface area contributed by atoms with E-state index >= 15 is 0 Å². The molecule has 2 aromatic heterocycles. The fraction of sp³-hybridized carbons (Fsp3) is 0.385. The first kappa shape index (κ1) is 12.8. The van der Waals surface area contributed by atoms with Gasteiger partial charge in [0.15, 0.2) is 0 Å². The van der Waals surface area contributed by atoms with Crippen molar-refractivity contribution in [2.75, 3.05) is 18.4 Å².